The molecule has 4 aromatic heterocycles. The summed E-state index contributed by atoms with van der Waals surface area (Å²) in [5, 5.41) is 15.4. The normalized spacial score (nSPS) is 22.0. The molecule has 0 amide bonds. The van der Waals surface area contributed by atoms with Crippen LogP contribution in [0.2, 0.25) is 0 Å². The molecule has 6 rings (SSSR count). The number of nitrogens with zero attached hydrogens (tertiary/aromatic N) is 5. The van der Waals surface area contributed by atoms with E-state index in [2.05, 4.69) is 21.0 Å². The van der Waals surface area contributed by atoms with Crippen molar-refractivity contribution >= 4 is 16.3 Å². The van der Waals surface area contributed by atoms with Crippen molar-refractivity contribution in [2.24, 2.45) is 5.92 Å². The summed E-state index contributed by atoms with van der Waals surface area (Å²) in [5.74, 6) is 3.03. The second-order valence-corrected chi connectivity index (χ2v) is 9.66. The summed E-state index contributed by atoms with van der Waals surface area (Å²) >= 11 is 1.45. The Morgan fingerprint density at radius 2 is 2.06 bits per heavy atom. The van der Waals surface area contributed by atoms with Crippen LogP contribution in [0, 0.1) is 19.8 Å². The SMILES string of the molecule is Cc1nc2sc(C(c3ccc(C)o3)N3C[C@H]4C[C@@H](C3)c3cccc(=O)n3C4)c(O)n2n1. The first kappa shape index (κ1) is 18.8. The molecule has 8 nitrogen and oxygen atoms in total. The summed E-state index contributed by atoms with van der Waals surface area (Å²) in [5.41, 5.74) is 1.18. The number of rotatable bonds is 3. The van der Waals surface area contributed by atoms with E-state index in [9.17, 15) is 9.90 Å². The molecule has 1 saturated heterocycles. The van der Waals surface area contributed by atoms with Crippen LogP contribution in [-0.2, 0) is 6.54 Å². The van der Waals surface area contributed by atoms with Crippen LogP contribution in [-0.4, -0.2) is 42.3 Å². The fourth-order valence-electron chi connectivity index (χ4n) is 5.25. The molecule has 4 aromatic rings. The van der Waals surface area contributed by atoms with Crippen LogP contribution in [0.3, 0.4) is 0 Å². The van der Waals surface area contributed by atoms with Crippen LogP contribution in [0.15, 0.2) is 39.5 Å². The molecular formula is C22H23N5O3S. The number of hydrogen-bond donors (Lipinski definition) is 1. The first-order valence-electron chi connectivity index (χ1n) is 10.5. The van der Waals surface area contributed by atoms with Gasteiger partial charge in [0.2, 0.25) is 10.8 Å². The number of aromatic nitrogens is 4. The number of fused-ring (bicyclic) bond motifs is 5. The van der Waals surface area contributed by atoms with Crippen molar-refractivity contribution in [2.45, 2.75) is 38.8 Å². The van der Waals surface area contributed by atoms with E-state index in [1.165, 1.54) is 15.9 Å². The maximum atomic E-state index is 12.4. The molecule has 0 spiro atoms. The monoisotopic (exact) mass is 437 g/mol. The Hall–Kier alpha value is -2.91. The lowest BCUT2D eigenvalue weighted by Crippen LogP contribution is -2.48. The third kappa shape index (κ3) is 2.95. The molecule has 2 aliphatic rings. The molecule has 31 heavy (non-hydrogen) atoms. The summed E-state index contributed by atoms with van der Waals surface area (Å²) < 4.78 is 9.51. The highest BCUT2D eigenvalue weighted by molar-refractivity contribution is 7.17. The average molecular weight is 438 g/mol. The number of aromatic hydroxyl groups is 1. The Bertz CT molecular complexity index is 1350. The first-order valence-corrected chi connectivity index (χ1v) is 11.3. The molecule has 0 radical (unpaired) electrons. The molecule has 3 atom stereocenters. The molecule has 9 heteroatoms. The van der Waals surface area contributed by atoms with Gasteiger partial charge in [0.1, 0.15) is 23.4 Å². The predicted molar refractivity (Wildman–Crippen MR) is 116 cm³/mol. The van der Waals surface area contributed by atoms with Crippen LogP contribution >= 0.6 is 11.3 Å². The van der Waals surface area contributed by atoms with Gasteiger partial charge in [0.15, 0.2) is 0 Å². The lowest BCUT2D eigenvalue weighted by molar-refractivity contribution is 0.0868. The van der Waals surface area contributed by atoms with Gasteiger partial charge in [-0.05, 0) is 44.4 Å². The Morgan fingerprint density at radius 1 is 1.19 bits per heavy atom. The number of thiazole rings is 1. The van der Waals surface area contributed by atoms with Gasteiger partial charge in [-0.25, -0.2) is 4.98 Å². The highest BCUT2D eigenvalue weighted by Crippen LogP contribution is 2.45. The number of piperidine rings is 1. The zero-order valence-corrected chi connectivity index (χ0v) is 18.2. The van der Waals surface area contributed by atoms with Crippen molar-refractivity contribution in [1.82, 2.24) is 24.1 Å². The lowest BCUT2D eigenvalue weighted by Gasteiger charge is -2.45. The van der Waals surface area contributed by atoms with Gasteiger partial charge >= 0.3 is 0 Å². The predicted octanol–water partition coefficient (Wildman–Crippen LogP) is 3.08. The minimum absolute atomic E-state index is 0.0810. The molecule has 0 saturated carbocycles. The van der Waals surface area contributed by atoms with E-state index in [1.807, 2.05) is 36.6 Å². The zero-order chi connectivity index (χ0) is 21.3. The van der Waals surface area contributed by atoms with Crippen LogP contribution < -0.4 is 5.56 Å². The van der Waals surface area contributed by atoms with Crippen LogP contribution in [0.5, 0.6) is 5.88 Å². The van der Waals surface area contributed by atoms with Gasteiger partial charge in [0, 0.05) is 37.3 Å². The Balaban J connectivity index is 1.44. The number of aryl methyl sites for hydroxylation is 2. The second kappa shape index (κ2) is 6.80. The average Bonchev–Trinajstić information content (AvgIpc) is 3.40. The van der Waals surface area contributed by atoms with Gasteiger partial charge in [0.25, 0.3) is 5.56 Å². The molecule has 1 unspecified atom stereocenters. The van der Waals surface area contributed by atoms with Crippen molar-refractivity contribution in [1.29, 1.82) is 0 Å². The van der Waals surface area contributed by atoms with Crippen LogP contribution in [0.4, 0.5) is 0 Å². The summed E-state index contributed by atoms with van der Waals surface area (Å²) in [4.78, 5) is 20.7. The maximum absolute atomic E-state index is 12.4. The number of furan rings is 1. The van der Waals surface area contributed by atoms with Gasteiger partial charge in [-0.1, -0.05) is 17.4 Å². The Kier molecular flexibility index (Phi) is 4.13. The van der Waals surface area contributed by atoms with Crippen molar-refractivity contribution in [3.8, 4) is 5.88 Å². The Morgan fingerprint density at radius 3 is 2.84 bits per heavy atom. The summed E-state index contributed by atoms with van der Waals surface area (Å²) in [7, 11) is 0. The third-order valence-electron chi connectivity index (χ3n) is 6.46. The van der Waals surface area contributed by atoms with Crippen molar-refractivity contribution in [3.05, 3.63) is 68.6 Å². The van der Waals surface area contributed by atoms with E-state index < -0.39 is 0 Å². The standard InChI is InChI=1S/C22H23N5O3S/c1-12-6-7-17(30-12)19(20-21(29)27-22(31-20)23-13(2)24-27)25-9-14-8-15(11-25)16-4-3-5-18(28)26(16)10-14/h3-7,14-15,19,29H,8-11H2,1-2H3/t14-,15+,19?/m1/s1. The van der Waals surface area contributed by atoms with E-state index in [4.69, 9.17) is 4.42 Å². The maximum Gasteiger partial charge on any atom is 0.250 e. The third-order valence-corrected chi connectivity index (χ3v) is 7.53. The molecule has 0 aromatic carbocycles. The van der Waals surface area contributed by atoms with Gasteiger partial charge in [-0.2, -0.15) is 4.52 Å². The second-order valence-electron chi connectivity index (χ2n) is 8.65. The molecule has 1 fully saturated rings. The molecule has 0 aliphatic carbocycles. The van der Waals surface area contributed by atoms with Crippen LogP contribution in [0.25, 0.3) is 4.96 Å². The smallest absolute Gasteiger partial charge is 0.250 e. The minimum Gasteiger partial charge on any atom is -0.492 e. The van der Waals surface area contributed by atoms with Gasteiger partial charge < -0.3 is 14.1 Å². The molecule has 1 N–H and O–H groups in total. The van der Waals surface area contributed by atoms with E-state index in [0.717, 1.165) is 48.1 Å². The van der Waals surface area contributed by atoms with E-state index in [0.29, 0.717) is 16.7 Å². The van der Waals surface area contributed by atoms with E-state index in [-0.39, 0.29) is 23.4 Å². The quantitative estimate of drug-likeness (QED) is 0.530. The molecule has 2 bridgehead atoms. The van der Waals surface area contributed by atoms with Crippen molar-refractivity contribution in [2.75, 3.05) is 13.1 Å². The van der Waals surface area contributed by atoms with Gasteiger partial charge in [-0.3, -0.25) is 9.69 Å². The molecular weight excluding hydrogens is 414 g/mol. The largest absolute Gasteiger partial charge is 0.492 e. The zero-order valence-electron chi connectivity index (χ0n) is 17.4. The molecule has 2 aliphatic heterocycles. The summed E-state index contributed by atoms with van der Waals surface area (Å²) in [6, 6.07) is 9.29. The first-order chi connectivity index (χ1) is 15.0. The van der Waals surface area contributed by atoms with E-state index >= 15 is 0 Å². The van der Waals surface area contributed by atoms with Crippen molar-refractivity contribution in [3.63, 3.8) is 0 Å². The molecule has 6 heterocycles. The number of pyridine rings is 1. The van der Waals surface area contributed by atoms with Gasteiger partial charge in [-0.15, -0.1) is 5.10 Å². The minimum atomic E-state index is -0.227. The Labute approximate surface area is 182 Å². The summed E-state index contributed by atoms with van der Waals surface area (Å²) in [6.07, 6.45) is 1.07. The van der Waals surface area contributed by atoms with E-state index in [1.54, 1.807) is 6.07 Å². The lowest BCUT2D eigenvalue weighted by atomic mass is 9.82. The topological polar surface area (TPSA) is 88.8 Å². The highest BCUT2D eigenvalue weighted by Gasteiger charge is 2.40. The van der Waals surface area contributed by atoms with Crippen LogP contribution in [0.1, 0.15) is 46.3 Å². The highest BCUT2D eigenvalue weighted by atomic mass is 32.1. The summed E-state index contributed by atoms with van der Waals surface area (Å²) in [6.45, 7) is 6.09. The number of likely N-dealkylation sites (tertiary alicyclic amines) is 1. The van der Waals surface area contributed by atoms with Gasteiger partial charge in [0.05, 0.1) is 4.88 Å². The fraction of sp³-hybridized carbons (Fsp3) is 0.409. The number of hydrogen-bond acceptors (Lipinski definition) is 7. The molecule has 160 valence electrons. The fourth-order valence-corrected chi connectivity index (χ4v) is 6.39. The van der Waals surface area contributed by atoms with Crippen molar-refractivity contribution < 1.29 is 9.52 Å².